The second-order valence-electron chi connectivity index (χ2n) is 6.22. The van der Waals surface area contributed by atoms with Crippen LogP contribution in [0.5, 0.6) is 0 Å². The Kier molecular flexibility index (Phi) is 22.7. The Morgan fingerprint density at radius 1 is 1.04 bits per heavy atom. The monoisotopic (exact) mass is 368 g/mol. The molecule has 0 heterocycles. The summed E-state index contributed by atoms with van der Waals surface area (Å²) < 4.78 is 0. The number of ketones is 1. The van der Waals surface area contributed by atoms with Crippen LogP contribution in [0.4, 0.5) is 0 Å². The predicted molar refractivity (Wildman–Crippen MR) is 119 cm³/mol. The number of aryl methyl sites for hydroxylation is 1. The minimum atomic E-state index is 0.167. The minimum Gasteiger partial charge on any atom is -0.300 e. The normalized spacial score (nSPS) is 11.5. The van der Waals surface area contributed by atoms with Crippen molar-refractivity contribution in [2.75, 3.05) is 0 Å². The maximum Gasteiger partial charge on any atom is 0.126 e. The SMILES string of the molecule is CC.CC.CC(C)=O.CCCCCC(C)C(C)c1ccc(S)c(C)c1. The van der Waals surface area contributed by atoms with Crippen molar-refractivity contribution in [3.05, 3.63) is 29.3 Å². The van der Waals surface area contributed by atoms with E-state index in [1.807, 2.05) is 27.7 Å². The van der Waals surface area contributed by atoms with Gasteiger partial charge in [-0.2, -0.15) is 0 Å². The third-order valence-electron chi connectivity index (χ3n) is 3.86. The molecule has 0 N–H and O–H groups in total. The average molecular weight is 369 g/mol. The summed E-state index contributed by atoms with van der Waals surface area (Å²) in [5.41, 5.74) is 2.75. The Hall–Kier alpha value is -0.760. The largest absolute Gasteiger partial charge is 0.300 e. The van der Waals surface area contributed by atoms with E-state index in [2.05, 4.69) is 58.5 Å². The number of Topliss-reactive ketones (excluding diaryl/α,β-unsaturated/α-hetero) is 1. The highest BCUT2D eigenvalue weighted by atomic mass is 32.1. The van der Waals surface area contributed by atoms with Crippen LogP contribution in [0.15, 0.2) is 23.1 Å². The summed E-state index contributed by atoms with van der Waals surface area (Å²) in [6.07, 6.45) is 5.39. The Morgan fingerprint density at radius 3 is 1.92 bits per heavy atom. The van der Waals surface area contributed by atoms with Gasteiger partial charge in [-0.1, -0.05) is 86.3 Å². The van der Waals surface area contributed by atoms with Gasteiger partial charge in [0.05, 0.1) is 0 Å². The molecule has 25 heavy (non-hydrogen) atoms. The van der Waals surface area contributed by atoms with Crippen molar-refractivity contribution in [3.63, 3.8) is 0 Å². The smallest absolute Gasteiger partial charge is 0.126 e. The fourth-order valence-electron chi connectivity index (χ4n) is 2.26. The van der Waals surface area contributed by atoms with Crippen molar-refractivity contribution in [3.8, 4) is 0 Å². The van der Waals surface area contributed by atoms with Crippen molar-refractivity contribution in [1.29, 1.82) is 0 Å². The third kappa shape index (κ3) is 16.5. The van der Waals surface area contributed by atoms with E-state index in [-0.39, 0.29) is 5.78 Å². The highest BCUT2D eigenvalue weighted by Gasteiger charge is 2.14. The molecular weight excluding hydrogens is 324 g/mol. The van der Waals surface area contributed by atoms with E-state index >= 15 is 0 Å². The van der Waals surface area contributed by atoms with Crippen LogP contribution < -0.4 is 0 Å². The van der Waals surface area contributed by atoms with Crippen molar-refractivity contribution in [2.45, 2.75) is 106 Å². The van der Waals surface area contributed by atoms with Gasteiger partial charge >= 0.3 is 0 Å². The van der Waals surface area contributed by atoms with Crippen LogP contribution in [0, 0.1) is 12.8 Å². The molecule has 2 unspecified atom stereocenters. The Bertz CT molecular complexity index is 422. The van der Waals surface area contributed by atoms with Crippen LogP contribution in [0.3, 0.4) is 0 Å². The number of rotatable bonds is 6. The van der Waals surface area contributed by atoms with Crippen LogP contribution >= 0.6 is 12.6 Å². The molecule has 148 valence electrons. The second kappa shape index (κ2) is 19.6. The lowest BCUT2D eigenvalue weighted by Gasteiger charge is -2.21. The van der Waals surface area contributed by atoms with Crippen molar-refractivity contribution >= 4 is 18.4 Å². The van der Waals surface area contributed by atoms with E-state index in [1.54, 1.807) is 0 Å². The Morgan fingerprint density at radius 2 is 1.52 bits per heavy atom. The first-order valence-electron chi connectivity index (χ1n) is 10.1. The number of unbranched alkanes of at least 4 members (excludes halogenated alkanes) is 2. The highest BCUT2D eigenvalue weighted by molar-refractivity contribution is 7.80. The van der Waals surface area contributed by atoms with Crippen LogP contribution in [0.2, 0.25) is 0 Å². The number of thiol groups is 1. The quantitative estimate of drug-likeness (QED) is 0.395. The third-order valence-corrected chi connectivity index (χ3v) is 4.36. The predicted octanol–water partition coefficient (Wildman–Crippen LogP) is 8.25. The van der Waals surface area contributed by atoms with E-state index in [9.17, 15) is 4.79 Å². The molecule has 1 nitrogen and oxygen atoms in total. The fourth-order valence-corrected chi connectivity index (χ4v) is 2.40. The van der Waals surface area contributed by atoms with Crippen LogP contribution in [-0.2, 0) is 4.79 Å². The van der Waals surface area contributed by atoms with Gasteiger partial charge in [-0.25, -0.2) is 0 Å². The van der Waals surface area contributed by atoms with Crippen LogP contribution in [0.1, 0.15) is 105 Å². The molecule has 0 aliphatic heterocycles. The van der Waals surface area contributed by atoms with Gasteiger partial charge in [0.1, 0.15) is 5.78 Å². The Balaban J connectivity index is -0.000000518. The lowest BCUT2D eigenvalue weighted by molar-refractivity contribution is -0.114. The first-order chi connectivity index (χ1) is 11.8. The molecule has 0 spiro atoms. The molecule has 0 aromatic heterocycles. The molecular formula is C23H44OS. The molecule has 1 rings (SSSR count). The van der Waals surface area contributed by atoms with Gasteiger partial charge in [0.25, 0.3) is 0 Å². The molecule has 1 aromatic carbocycles. The Labute approximate surface area is 164 Å². The topological polar surface area (TPSA) is 17.1 Å². The fraction of sp³-hybridized carbons (Fsp3) is 0.696. The van der Waals surface area contributed by atoms with E-state index in [4.69, 9.17) is 0 Å². The lowest BCUT2D eigenvalue weighted by Crippen LogP contribution is -2.06. The molecule has 0 saturated heterocycles. The van der Waals surface area contributed by atoms with Gasteiger partial charge in [0.15, 0.2) is 0 Å². The molecule has 1 aromatic rings. The van der Waals surface area contributed by atoms with Gasteiger partial charge in [-0.05, 0) is 49.8 Å². The first kappa shape index (κ1) is 29.0. The van der Waals surface area contributed by atoms with E-state index < -0.39 is 0 Å². The van der Waals surface area contributed by atoms with Gasteiger partial charge in [0, 0.05) is 4.90 Å². The van der Waals surface area contributed by atoms with Gasteiger partial charge in [-0.15, -0.1) is 12.6 Å². The number of carbonyl (C=O) groups excluding carboxylic acids is 1. The number of benzene rings is 1. The number of hydrogen-bond acceptors (Lipinski definition) is 2. The van der Waals surface area contributed by atoms with E-state index in [0.29, 0.717) is 5.92 Å². The summed E-state index contributed by atoms with van der Waals surface area (Å²) in [7, 11) is 0. The standard InChI is InChI=1S/C16H26S.C3H6O.2C2H6/c1-5-6-7-8-12(2)14(4)15-9-10-16(17)13(3)11-15;1-3(2)4;2*1-2/h9-12,14,17H,5-8H2,1-4H3;1-2H3;2*1-2H3. The van der Waals surface area contributed by atoms with Crippen molar-refractivity contribution in [2.24, 2.45) is 5.92 Å². The number of carbonyl (C=O) groups is 1. The van der Waals surface area contributed by atoms with Gasteiger partial charge in [-0.3, -0.25) is 0 Å². The summed E-state index contributed by atoms with van der Waals surface area (Å²) >= 11 is 4.43. The van der Waals surface area contributed by atoms with Crippen LogP contribution in [0.25, 0.3) is 0 Å². The maximum absolute atomic E-state index is 9.44. The summed E-state index contributed by atoms with van der Waals surface area (Å²) in [6, 6.07) is 6.66. The van der Waals surface area contributed by atoms with Crippen molar-refractivity contribution in [1.82, 2.24) is 0 Å². The molecule has 0 bridgehead atoms. The average Bonchev–Trinajstić information content (AvgIpc) is 2.60. The molecule has 2 atom stereocenters. The summed E-state index contributed by atoms with van der Waals surface area (Å²) in [4.78, 5) is 10.5. The molecule has 2 heteroatoms. The summed E-state index contributed by atoms with van der Waals surface area (Å²) in [5.74, 6) is 1.59. The first-order valence-corrected chi connectivity index (χ1v) is 10.5. The molecule has 0 amide bonds. The summed E-state index contributed by atoms with van der Waals surface area (Å²) in [6.45, 7) is 20.2. The summed E-state index contributed by atoms with van der Waals surface area (Å²) in [5, 5.41) is 0. The molecule has 0 radical (unpaired) electrons. The molecule has 0 aliphatic carbocycles. The van der Waals surface area contributed by atoms with Crippen LogP contribution in [-0.4, -0.2) is 5.78 Å². The lowest BCUT2D eigenvalue weighted by atomic mass is 9.85. The minimum absolute atomic E-state index is 0.167. The van der Waals surface area contributed by atoms with Crippen molar-refractivity contribution < 1.29 is 4.79 Å². The van der Waals surface area contributed by atoms with Gasteiger partial charge in [0.2, 0.25) is 0 Å². The highest BCUT2D eigenvalue weighted by Crippen LogP contribution is 2.29. The van der Waals surface area contributed by atoms with E-state index in [0.717, 1.165) is 10.8 Å². The molecule has 0 fully saturated rings. The molecule has 0 saturated carbocycles. The number of hydrogen-bond donors (Lipinski definition) is 1. The second-order valence-corrected chi connectivity index (χ2v) is 6.70. The zero-order chi connectivity index (χ0) is 20.4. The van der Waals surface area contributed by atoms with E-state index in [1.165, 1.54) is 50.7 Å². The molecule has 0 aliphatic rings. The maximum atomic E-state index is 9.44. The van der Waals surface area contributed by atoms with Gasteiger partial charge < -0.3 is 4.79 Å². The zero-order valence-electron chi connectivity index (χ0n) is 18.6. The zero-order valence-corrected chi connectivity index (χ0v) is 19.5.